The van der Waals surface area contributed by atoms with Crippen molar-refractivity contribution >= 4 is 11.6 Å². The number of rotatable bonds is 2. The average molecular weight is 193 g/mol. The highest BCUT2D eigenvalue weighted by Gasteiger charge is 2.12. The molecular weight excluding hydrogens is 178 g/mol. The van der Waals surface area contributed by atoms with Crippen molar-refractivity contribution in [1.29, 1.82) is 0 Å². The molecule has 4 N–H and O–H groups in total. The first-order valence-corrected chi connectivity index (χ1v) is 4.89. The third-order valence-corrected chi connectivity index (χ3v) is 2.30. The molecule has 1 fully saturated rings. The van der Waals surface area contributed by atoms with E-state index in [0.29, 0.717) is 17.7 Å². The van der Waals surface area contributed by atoms with Gasteiger partial charge in [0.05, 0.1) is 18.1 Å². The maximum atomic E-state index is 5.49. The minimum absolute atomic E-state index is 0.437. The Hall–Kier alpha value is -1.36. The SMILES string of the molecule is Nc1cnc(NC2CCCNC2)nc1. The zero-order chi connectivity index (χ0) is 9.80. The zero-order valence-corrected chi connectivity index (χ0v) is 8.03. The standard InChI is InChI=1S/C9H15N5/c10-7-4-12-9(13-5-7)14-8-2-1-3-11-6-8/h4-5,8,11H,1-3,6,10H2,(H,12,13,14). The van der Waals surface area contributed by atoms with E-state index in [4.69, 9.17) is 5.73 Å². The normalized spacial score (nSPS) is 21.9. The molecule has 0 radical (unpaired) electrons. The maximum absolute atomic E-state index is 5.49. The Labute approximate surface area is 83.1 Å². The van der Waals surface area contributed by atoms with Crippen LogP contribution in [0.3, 0.4) is 0 Å². The highest BCUT2D eigenvalue weighted by Crippen LogP contribution is 2.08. The van der Waals surface area contributed by atoms with E-state index in [-0.39, 0.29) is 0 Å². The molecular formula is C9H15N5. The predicted octanol–water partition coefficient (Wildman–Crippen LogP) is 0.223. The molecule has 1 atom stereocenters. The molecule has 0 spiro atoms. The van der Waals surface area contributed by atoms with E-state index in [1.54, 1.807) is 12.4 Å². The zero-order valence-electron chi connectivity index (χ0n) is 8.03. The van der Waals surface area contributed by atoms with E-state index in [1.807, 2.05) is 0 Å². The lowest BCUT2D eigenvalue weighted by Gasteiger charge is -2.23. The summed E-state index contributed by atoms with van der Waals surface area (Å²) >= 11 is 0. The molecule has 2 rings (SSSR count). The molecule has 5 nitrogen and oxygen atoms in total. The number of nitrogen functional groups attached to an aromatic ring is 1. The van der Waals surface area contributed by atoms with Crippen LogP contribution in [-0.4, -0.2) is 29.1 Å². The molecule has 0 saturated carbocycles. The highest BCUT2D eigenvalue weighted by atomic mass is 15.1. The van der Waals surface area contributed by atoms with Gasteiger partial charge in [-0.25, -0.2) is 9.97 Å². The van der Waals surface area contributed by atoms with Gasteiger partial charge in [0.2, 0.25) is 5.95 Å². The molecule has 1 saturated heterocycles. The van der Waals surface area contributed by atoms with Gasteiger partial charge in [-0.15, -0.1) is 0 Å². The summed E-state index contributed by atoms with van der Waals surface area (Å²) in [6.45, 7) is 2.09. The van der Waals surface area contributed by atoms with Gasteiger partial charge in [0.25, 0.3) is 0 Å². The molecule has 1 unspecified atom stereocenters. The fourth-order valence-electron chi connectivity index (χ4n) is 1.57. The van der Waals surface area contributed by atoms with Crippen molar-refractivity contribution in [1.82, 2.24) is 15.3 Å². The molecule has 0 aromatic carbocycles. The first-order chi connectivity index (χ1) is 6.84. The molecule has 76 valence electrons. The van der Waals surface area contributed by atoms with Crippen LogP contribution >= 0.6 is 0 Å². The van der Waals surface area contributed by atoms with Crippen LogP contribution in [0.1, 0.15) is 12.8 Å². The summed E-state index contributed by atoms with van der Waals surface area (Å²) in [4.78, 5) is 8.19. The summed E-state index contributed by atoms with van der Waals surface area (Å²) < 4.78 is 0. The molecule has 1 aromatic heterocycles. The average Bonchev–Trinajstić information content (AvgIpc) is 2.23. The van der Waals surface area contributed by atoms with Crippen LogP contribution in [0.25, 0.3) is 0 Å². The molecule has 0 bridgehead atoms. The number of aromatic nitrogens is 2. The second kappa shape index (κ2) is 4.23. The van der Waals surface area contributed by atoms with E-state index in [1.165, 1.54) is 12.8 Å². The van der Waals surface area contributed by atoms with Crippen molar-refractivity contribution in [2.24, 2.45) is 0 Å². The molecule has 1 aliphatic heterocycles. The lowest BCUT2D eigenvalue weighted by atomic mass is 10.1. The Kier molecular flexibility index (Phi) is 2.78. The van der Waals surface area contributed by atoms with Crippen molar-refractivity contribution in [3.8, 4) is 0 Å². The third kappa shape index (κ3) is 2.32. The number of piperidine rings is 1. The van der Waals surface area contributed by atoms with Gasteiger partial charge < -0.3 is 16.4 Å². The number of nitrogens with zero attached hydrogens (tertiary/aromatic N) is 2. The molecule has 0 aliphatic carbocycles. The minimum Gasteiger partial charge on any atom is -0.396 e. The van der Waals surface area contributed by atoms with Gasteiger partial charge in [-0.05, 0) is 19.4 Å². The lowest BCUT2D eigenvalue weighted by Crippen LogP contribution is -2.38. The van der Waals surface area contributed by atoms with E-state index >= 15 is 0 Å². The van der Waals surface area contributed by atoms with Crippen LogP contribution in [0.5, 0.6) is 0 Å². The van der Waals surface area contributed by atoms with Crippen LogP contribution in [0, 0.1) is 0 Å². The Bertz CT molecular complexity index is 278. The molecule has 0 amide bonds. The Morgan fingerprint density at radius 3 is 2.86 bits per heavy atom. The van der Waals surface area contributed by atoms with Crippen LogP contribution < -0.4 is 16.4 Å². The van der Waals surface area contributed by atoms with Crippen LogP contribution in [0.2, 0.25) is 0 Å². The van der Waals surface area contributed by atoms with Crippen LogP contribution in [0.15, 0.2) is 12.4 Å². The summed E-state index contributed by atoms with van der Waals surface area (Å²) in [5.74, 6) is 0.660. The largest absolute Gasteiger partial charge is 0.396 e. The van der Waals surface area contributed by atoms with Gasteiger partial charge in [-0.1, -0.05) is 0 Å². The third-order valence-electron chi connectivity index (χ3n) is 2.30. The van der Waals surface area contributed by atoms with Gasteiger partial charge in [-0.2, -0.15) is 0 Å². The van der Waals surface area contributed by atoms with Gasteiger partial charge in [-0.3, -0.25) is 0 Å². The number of anilines is 2. The van der Waals surface area contributed by atoms with E-state index < -0.39 is 0 Å². The number of hydrogen-bond donors (Lipinski definition) is 3. The molecule has 5 heteroatoms. The fraction of sp³-hybridized carbons (Fsp3) is 0.556. The number of nitrogens with one attached hydrogen (secondary N) is 2. The highest BCUT2D eigenvalue weighted by molar-refractivity contribution is 5.36. The van der Waals surface area contributed by atoms with E-state index in [0.717, 1.165) is 13.1 Å². The van der Waals surface area contributed by atoms with E-state index in [9.17, 15) is 0 Å². The second-order valence-electron chi connectivity index (χ2n) is 3.53. The lowest BCUT2D eigenvalue weighted by molar-refractivity contribution is 0.478. The molecule has 2 heterocycles. The summed E-state index contributed by atoms with van der Waals surface area (Å²) in [5.41, 5.74) is 6.09. The maximum Gasteiger partial charge on any atom is 0.222 e. The first kappa shape index (κ1) is 9.21. The first-order valence-electron chi connectivity index (χ1n) is 4.89. The fourth-order valence-corrected chi connectivity index (χ4v) is 1.57. The summed E-state index contributed by atoms with van der Waals surface area (Å²) in [5, 5.41) is 6.59. The summed E-state index contributed by atoms with van der Waals surface area (Å²) in [6, 6.07) is 0.437. The quantitative estimate of drug-likeness (QED) is 0.626. The van der Waals surface area contributed by atoms with E-state index in [2.05, 4.69) is 20.6 Å². The smallest absolute Gasteiger partial charge is 0.222 e. The molecule has 1 aromatic rings. The van der Waals surface area contributed by atoms with Gasteiger partial charge in [0.1, 0.15) is 0 Å². The van der Waals surface area contributed by atoms with Crippen molar-refractivity contribution in [3.05, 3.63) is 12.4 Å². The number of hydrogen-bond acceptors (Lipinski definition) is 5. The van der Waals surface area contributed by atoms with Crippen LogP contribution in [0.4, 0.5) is 11.6 Å². The number of nitrogens with two attached hydrogens (primary N) is 1. The Morgan fingerprint density at radius 2 is 2.21 bits per heavy atom. The van der Waals surface area contributed by atoms with Gasteiger partial charge in [0, 0.05) is 12.6 Å². The minimum atomic E-state index is 0.437. The van der Waals surface area contributed by atoms with Crippen molar-refractivity contribution < 1.29 is 0 Å². The van der Waals surface area contributed by atoms with Gasteiger partial charge >= 0.3 is 0 Å². The topological polar surface area (TPSA) is 75.9 Å². The molecule has 1 aliphatic rings. The van der Waals surface area contributed by atoms with Crippen molar-refractivity contribution in [2.75, 3.05) is 24.1 Å². The summed E-state index contributed by atoms with van der Waals surface area (Å²) in [6.07, 6.45) is 5.60. The Balaban J connectivity index is 1.92. The Morgan fingerprint density at radius 1 is 1.43 bits per heavy atom. The van der Waals surface area contributed by atoms with Gasteiger partial charge in [0.15, 0.2) is 0 Å². The summed E-state index contributed by atoms with van der Waals surface area (Å²) in [7, 11) is 0. The van der Waals surface area contributed by atoms with Crippen molar-refractivity contribution in [2.45, 2.75) is 18.9 Å². The van der Waals surface area contributed by atoms with Crippen LogP contribution in [-0.2, 0) is 0 Å². The predicted molar refractivity (Wildman–Crippen MR) is 56.0 cm³/mol. The monoisotopic (exact) mass is 193 g/mol. The molecule has 14 heavy (non-hydrogen) atoms. The second-order valence-corrected chi connectivity index (χ2v) is 3.53. The van der Waals surface area contributed by atoms with Crippen molar-refractivity contribution in [3.63, 3.8) is 0 Å².